The lowest BCUT2D eigenvalue weighted by Gasteiger charge is -2.07. The number of para-hydroxylation sites is 1. The van der Waals surface area contributed by atoms with Crippen LogP contribution in [0.5, 0.6) is 5.75 Å². The Kier molecular flexibility index (Phi) is 2.62. The van der Waals surface area contributed by atoms with Crippen molar-refractivity contribution in [3.63, 3.8) is 0 Å². The van der Waals surface area contributed by atoms with Crippen molar-refractivity contribution in [3.8, 4) is 22.7 Å². The fraction of sp³-hybridized carbons (Fsp3) is 0. The van der Waals surface area contributed by atoms with Crippen LogP contribution in [-0.4, -0.2) is 24.3 Å². The molecule has 0 spiro atoms. The quantitative estimate of drug-likeness (QED) is 0.439. The molecule has 1 aromatic carbocycles. The number of phenolic OH excluding ortho intramolecular Hbond substituents is 1. The third-order valence-corrected chi connectivity index (χ3v) is 3.58. The Balaban J connectivity index is 1.90. The lowest BCUT2D eigenvalue weighted by Crippen LogP contribution is -1.95. The van der Waals surface area contributed by atoms with E-state index in [0.29, 0.717) is 11.4 Å². The highest BCUT2D eigenvalue weighted by Gasteiger charge is 2.12. The van der Waals surface area contributed by atoms with Gasteiger partial charge in [-0.1, -0.05) is 6.07 Å². The van der Waals surface area contributed by atoms with Gasteiger partial charge in [-0.05, 0) is 24.3 Å². The van der Waals surface area contributed by atoms with Gasteiger partial charge in [0.1, 0.15) is 5.65 Å². The summed E-state index contributed by atoms with van der Waals surface area (Å²) in [4.78, 5) is 4.11. The van der Waals surface area contributed by atoms with Crippen LogP contribution in [0.15, 0.2) is 61.2 Å². The topological polar surface area (TPSA) is 81.4 Å². The molecule has 4 aromatic rings. The lowest BCUT2D eigenvalue weighted by molar-refractivity contribution is 0.475. The first-order chi connectivity index (χ1) is 10.7. The van der Waals surface area contributed by atoms with Gasteiger partial charge in [0.25, 0.3) is 0 Å². The summed E-state index contributed by atoms with van der Waals surface area (Å²) in [6.45, 7) is 0. The Hall–Kier alpha value is -3.28. The van der Waals surface area contributed by atoms with E-state index in [2.05, 4.69) is 10.1 Å². The number of anilines is 1. The van der Waals surface area contributed by atoms with E-state index >= 15 is 0 Å². The second kappa shape index (κ2) is 4.63. The number of pyridine rings is 1. The molecule has 22 heavy (non-hydrogen) atoms. The molecule has 0 fully saturated rings. The van der Waals surface area contributed by atoms with E-state index in [1.165, 1.54) is 0 Å². The number of nitrogens with zero attached hydrogens (tertiary/aromatic N) is 4. The van der Waals surface area contributed by atoms with E-state index in [4.69, 9.17) is 5.73 Å². The zero-order valence-electron chi connectivity index (χ0n) is 11.6. The number of rotatable bonds is 2. The predicted octanol–water partition coefficient (Wildman–Crippen LogP) is 2.47. The Labute approximate surface area is 126 Å². The summed E-state index contributed by atoms with van der Waals surface area (Å²) in [7, 11) is 0. The van der Waals surface area contributed by atoms with Crippen molar-refractivity contribution in [2.45, 2.75) is 0 Å². The fourth-order valence-electron chi connectivity index (χ4n) is 2.48. The maximum atomic E-state index is 10.2. The standard InChI is InChI=1S/C16H13N5O/c17-12-4-1-5-14(16(12)22)20-7-8-21-15(20)9-13(19-21)11-3-2-6-18-10-11/h1-10,22H,17H2. The fourth-order valence-corrected chi connectivity index (χ4v) is 2.48. The molecule has 0 unspecified atom stereocenters. The summed E-state index contributed by atoms with van der Waals surface area (Å²) in [6, 6.07) is 11.0. The van der Waals surface area contributed by atoms with Crippen LogP contribution in [-0.2, 0) is 0 Å². The van der Waals surface area contributed by atoms with Gasteiger partial charge in [-0.15, -0.1) is 0 Å². The number of benzene rings is 1. The first kappa shape index (κ1) is 12.5. The predicted molar refractivity (Wildman–Crippen MR) is 83.8 cm³/mol. The Morgan fingerprint density at radius 3 is 2.82 bits per heavy atom. The second-order valence-corrected chi connectivity index (χ2v) is 4.96. The van der Waals surface area contributed by atoms with Crippen molar-refractivity contribution in [1.29, 1.82) is 0 Å². The van der Waals surface area contributed by atoms with Crippen molar-refractivity contribution < 1.29 is 5.11 Å². The first-order valence-electron chi connectivity index (χ1n) is 6.79. The molecule has 0 atom stereocenters. The normalized spacial score (nSPS) is 11.1. The van der Waals surface area contributed by atoms with Gasteiger partial charge in [-0.3, -0.25) is 9.55 Å². The summed E-state index contributed by atoms with van der Waals surface area (Å²) in [5.74, 6) is 0.0599. The van der Waals surface area contributed by atoms with Crippen LogP contribution in [0, 0.1) is 0 Å². The molecule has 0 saturated heterocycles. The molecule has 3 heterocycles. The van der Waals surface area contributed by atoms with E-state index in [1.807, 2.05) is 41.2 Å². The molecule has 0 aliphatic heterocycles. The number of aromatic hydroxyl groups is 1. The number of hydrogen-bond acceptors (Lipinski definition) is 4. The molecule has 3 aromatic heterocycles. The molecular weight excluding hydrogens is 278 g/mol. The lowest BCUT2D eigenvalue weighted by atomic mass is 10.2. The van der Waals surface area contributed by atoms with Crippen LogP contribution in [0.4, 0.5) is 5.69 Å². The number of hydrogen-bond donors (Lipinski definition) is 2. The van der Waals surface area contributed by atoms with E-state index in [-0.39, 0.29) is 5.75 Å². The van der Waals surface area contributed by atoms with Crippen molar-refractivity contribution in [3.05, 3.63) is 61.2 Å². The van der Waals surface area contributed by atoms with E-state index in [0.717, 1.165) is 16.9 Å². The number of imidazole rings is 1. The van der Waals surface area contributed by atoms with Crippen molar-refractivity contribution in [2.24, 2.45) is 0 Å². The Morgan fingerprint density at radius 1 is 1.09 bits per heavy atom. The van der Waals surface area contributed by atoms with Crippen molar-refractivity contribution in [1.82, 2.24) is 19.2 Å². The molecule has 0 aliphatic rings. The van der Waals surface area contributed by atoms with Gasteiger partial charge in [-0.2, -0.15) is 5.10 Å². The molecule has 0 aliphatic carbocycles. The van der Waals surface area contributed by atoms with Gasteiger partial charge in [-0.25, -0.2) is 4.52 Å². The summed E-state index contributed by atoms with van der Waals surface area (Å²) in [6.07, 6.45) is 7.16. The molecule has 6 heteroatoms. The van der Waals surface area contributed by atoms with Crippen LogP contribution in [0.3, 0.4) is 0 Å². The van der Waals surface area contributed by atoms with E-state index in [9.17, 15) is 5.11 Å². The largest absolute Gasteiger partial charge is 0.504 e. The zero-order valence-corrected chi connectivity index (χ0v) is 11.6. The minimum absolute atomic E-state index is 0.0599. The Bertz CT molecular complexity index is 955. The minimum atomic E-state index is 0.0599. The number of fused-ring (bicyclic) bond motifs is 1. The molecular formula is C16H13N5O. The molecule has 6 nitrogen and oxygen atoms in total. The minimum Gasteiger partial charge on any atom is -0.504 e. The van der Waals surface area contributed by atoms with Crippen LogP contribution in [0.25, 0.3) is 22.6 Å². The average molecular weight is 291 g/mol. The molecule has 3 N–H and O–H groups in total. The van der Waals surface area contributed by atoms with Gasteiger partial charge in [0.2, 0.25) is 0 Å². The summed E-state index contributed by atoms with van der Waals surface area (Å²) in [5, 5.41) is 14.7. The molecule has 0 amide bonds. The summed E-state index contributed by atoms with van der Waals surface area (Å²) < 4.78 is 3.60. The Morgan fingerprint density at radius 2 is 2.00 bits per heavy atom. The zero-order chi connectivity index (χ0) is 15.1. The smallest absolute Gasteiger partial charge is 0.162 e. The number of nitrogen functional groups attached to an aromatic ring is 1. The van der Waals surface area contributed by atoms with Crippen LogP contribution in [0.2, 0.25) is 0 Å². The van der Waals surface area contributed by atoms with Gasteiger partial charge < -0.3 is 10.8 Å². The van der Waals surface area contributed by atoms with E-state index in [1.54, 1.807) is 29.0 Å². The average Bonchev–Trinajstić information content (AvgIpc) is 3.12. The highest BCUT2D eigenvalue weighted by atomic mass is 16.3. The summed E-state index contributed by atoms with van der Waals surface area (Å²) in [5.41, 5.74) is 9.33. The molecule has 0 saturated carbocycles. The van der Waals surface area contributed by atoms with Crippen LogP contribution < -0.4 is 5.73 Å². The molecule has 4 rings (SSSR count). The molecule has 108 valence electrons. The maximum absolute atomic E-state index is 10.2. The van der Waals surface area contributed by atoms with Gasteiger partial charge in [0.05, 0.1) is 17.1 Å². The SMILES string of the molecule is Nc1cccc(-n2ccn3nc(-c4cccnc4)cc23)c1O. The highest BCUT2D eigenvalue weighted by Crippen LogP contribution is 2.30. The third kappa shape index (κ3) is 1.81. The number of phenols is 1. The molecule has 0 bridgehead atoms. The van der Waals surface area contributed by atoms with Gasteiger partial charge >= 0.3 is 0 Å². The number of aromatic nitrogens is 4. The van der Waals surface area contributed by atoms with Gasteiger partial charge in [0.15, 0.2) is 5.75 Å². The van der Waals surface area contributed by atoms with Crippen LogP contribution >= 0.6 is 0 Å². The first-order valence-corrected chi connectivity index (χ1v) is 6.79. The van der Waals surface area contributed by atoms with Crippen molar-refractivity contribution >= 4 is 11.3 Å². The van der Waals surface area contributed by atoms with Gasteiger partial charge in [0, 0.05) is 36.4 Å². The van der Waals surface area contributed by atoms with Crippen LogP contribution in [0.1, 0.15) is 0 Å². The second-order valence-electron chi connectivity index (χ2n) is 4.96. The number of nitrogens with two attached hydrogens (primary N) is 1. The molecule has 0 radical (unpaired) electrons. The monoisotopic (exact) mass is 291 g/mol. The highest BCUT2D eigenvalue weighted by molar-refractivity contribution is 5.68. The van der Waals surface area contributed by atoms with E-state index < -0.39 is 0 Å². The summed E-state index contributed by atoms with van der Waals surface area (Å²) >= 11 is 0. The maximum Gasteiger partial charge on any atom is 0.162 e. The van der Waals surface area contributed by atoms with Crippen molar-refractivity contribution in [2.75, 3.05) is 5.73 Å². The third-order valence-electron chi connectivity index (χ3n) is 3.58.